The van der Waals surface area contributed by atoms with Gasteiger partial charge >= 0.3 is 0 Å². The lowest BCUT2D eigenvalue weighted by Gasteiger charge is -1.97. The van der Waals surface area contributed by atoms with E-state index in [2.05, 4.69) is 12.8 Å². The van der Waals surface area contributed by atoms with E-state index in [1.807, 2.05) is 6.07 Å². The fourth-order valence-corrected chi connectivity index (χ4v) is 0.864. The van der Waals surface area contributed by atoms with Crippen molar-refractivity contribution < 1.29 is 0 Å². The maximum absolute atomic E-state index is 8.60. The van der Waals surface area contributed by atoms with Crippen molar-refractivity contribution in [3.8, 4) is 18.4 Å². The van der Waals surface area contributed by atoms with Crippen molar-refractivity contribution in [2.45, 2.75) is 0 Å². The van der Waals surface area contributed by atoms with Crippen molar-refractivity contribution in [2.24, 2.45) is 0 Å². The van der Waals surface area contributed by atoms with Crippen LogP contribution in [0.5, 0.6) is 0 Å². The molecule has 1 aromatic carbocycles. The first-order valence-electron chi connectivity index (χ1n) is 3.11. The average molecular weight is 140 g/mol. The summed E-state index contributed by atoms with van der Waals surface area (Å²) in [6.45, 7) is 3.71. The van der Waals surface area contributed by atoms with Gasteiger partial charge in [-0.25, -0.2) is 0 Å². The highest BCUT2D eigenvalue weighted by Gasteiger charge is 1.99. The molecule has 0 aliphatic carbocycles. The summed E-state index contributed by atoms with van der Waals surface area (Å²) in [4.78, 5) is 0. The second-order valence-corrected chi connectivity index (χ2v) is 2.10. The lowest BCUT2D eigenvalue weighted by atomic mass is 10.0. The number of terminal acetylenes is 1. The predicted molar refractivity (Wildman–Crippen MR) is 43.6 cm³/mol. The van der Waals surface area contributed by atoms with Gasteiger partial charge in [0.2, 0.25) is 0 Å². The highest BCUT2D eigenvalue weighted by Crippen LogP contribution is 2.10. The molecule has 0 aliphatic heterocycles. The van der Waals surface area contributed by atoms with E-state index in [-0.39, 0.29) is 0 Å². The first kappa shape index (κ1) is 7.38. The lowest BCUT2D eigenvalue weighted by molar-refractivity contribution is 1.45. The molecule has 0 heterocycles. The molecule has 1 heteroatoms. The van der Waals surface area contributed by atoms with E-state index in [0.29, 0.717) is 11.1 Å². The number of hydrogen-bond donors (Lipinski definition) is 0. The highest BCUT2D eigenvalue weighted by atomic mass is 14.2. The molecule has 0 bridgehead atoms. The van der Waals surface area contributed by atoms with E-state index in [1.54, 1.807) is 18.2 Å². The van der Waals surface area contributed by atoms with Crippen LogP contribution in [0, 0.1) is 30.6 Å². The molecule has 0 saturated carbocycles. The van der Waals surface area contributed by atoms with Crippen molar-refractivity contribution in [2.75, 3.05) is 0 Å². The van der Waals surface area contributed by atoms with Crippen LogP contribution in [0.1, 0.15) is 16.7 Å². The summed E-state index contributed by atoms with van der Waals surface area (Å²) in [5, 5.41) is 8.60. The van der Waals surface area contributed by atoms with Crippen LogP contribution in [0.25, 0.3) is 0 Å². The Balaban J connectivity index is 3.42. The molecule has 0 unspecified atom stereocenters. The molecule has 0 aliphatic rings. The monoisotopic (exact) mass is 140 g/mol. The Bertz CT molecular complexity index is 350. The summed E-state index contributed by atoms with van der Waals surface area (Å²) in [6, 6.07) is 7.24. The Morgan fingerprint density at radius 2 is 2.18 bits per heavy atom. The normalized spacial score (nSPS) is 8.27. The van der Waals surface area contributed by atoms with Crippen molar-refractivity contribution in [1.29, 1.82) is 5.26 Å². The van der Waals surface area contributed by atoms with Crippen LogP contribution in [0.4, 0.5) is 0 Å². The van der Waals surface area contributed by atoms with Gasteiger partial charge in [-0.2, -0.15) is 5.26 Å². The van der Waals surface area contributed by atoms with E-state index >= 15 is 0 Å². The third kappa shape index (κ3) is 1.23. The molecule has 0 spiro atoms. The van der Waals surface area contributed by atoms with Crippen molar-refractivity contribution in [3.63, 3.8) is 0 Å². The molecule has 0 saturated heterocycles. The standard InChI is InChI=1S/C10H6N/c1-3-10-8(2)5-4-6-9(10)7-11/h1,4-6H,2H2. The lowest BCUT2D eigenvalue weighted by Crippen LogP contribution is -1.86. The number of hydrogen-bond acceptors (Lipinski definition) is 1. The van der Waals surface area contributed by atoms with Gasteiger partial charge in [-0.3, -0.25) is 0 Å². The molecule has 11 heavy (non-hydrogen) atoms. The fourth-order valence-electron chi connectivity index (χ4n) is 0.864. The largest absolute Gasteiger partial charge is 0.192 e. The number of nitrogens with zero attached hydrogens (tertiary/aromatic N) is 1. The molecule has 1 nitrogen and oxygen atoms in total. The van der Waals surface area contributed by atoms with Crippen LogP contribution in [-0.4, -0.2) is 0 Å². The minimum atomic E-state index is 0.514. The Labute approximate surface area is 66.3 Å². The van der Waals surface area contributed by atoms with Gasteiger partial charge in [-0.1, -0.05) is 18.1 Å². The molecule has 0 atom stereocenters. The molecule has 0 aromatic heterocycles. The maximum atomic E-state index is 8.60. The van der Waals surface area contributed by atoms with E-state index in [4.69, 9.17) is 11.7 Å². The van der Waals surface area contributed by atoms with Crippen LogP contribution >= 0.6 is 0 Å². The summed E-state index contributed by atoms with van der Waals surface area (Å²) < 4.78 is 0. The zero-order valence-electron chi connectivity index (χ0n) is 5.96. The van der Waals surface area contributed by atoms with Crippen LogP contribution < -0.4 is 0 Å². The number of nitriles is 1. The maximum Gasteiger partial charge on any atom is 0.100 e. The van der Waals surface area contributed by atoms with Gasteiger partial charge in [0.25, 0.3) is 0 Å². The first-order chi connectivity index (χ1) is 5.29. The molecule has 1 radical (unpaired) electrons. The Kier molecular flexibility index (Phi) is 1.95. The molecule has 0 fully saturated rings. The van der Waals surface area contributed by atoms with Crippen LogP contribution in [0.2, 0.25) is 0 Å². The zero-order chi connectivity index (χ0) is 8.27. The summed E-state index contributed by atoms with van der Waals surface area (Å²) in [5.41, 5.74) is 1.83. The minimum Gasteiger partial charge on any atom is -0.192 e. The number of benzene rings is 1. The summed E-state index contributed by atoms with van der Waals surface area (Å²) >= 11 is 0. The van der Waals surface area contributed by atoms with Gasteiger partial charge < -0.3 is 0 Å². The van der Waals surface area contributed by atoms with Crippen molar-refractivity contribution in [3.05, 3.63) is 41.8 Å². The molecule has 51 valence electrons. The van der Waals surface area contributed by atoms with Gasteiger partial charge in [0.15, 0.2) is 0 Å². The topological polar surface area (TPSA) is 23.8 Å². The molecule has 1 rings (SSSR count). The van der Waals surface area contributed by atoms with E-state index < -0.39 is 0 Å². The van der Waals surface area contributed by atoms with Gasteiger partial charge in [0.05, 0.1) is 5.56 Å². The molecule has 1 aromatic rings. The van der Waals surface area contributed by atoms with E-state index in [1.165, 1.54) is 0 Å². The second-order valence-electron chi connectivity index (χ2n) is 2.10. The number of rotatable bonds is 0. The highest BCUT2D eigenvalue weighted by molar-refractivity contribution is 5.52. The Morgan fingerprint density at radius 3 is 2.64 bits per heavy atom. The van der Waals surface area contributed by atoms with Gasteiger partial charge in [-0.05, 0) is 18.6 Å². The minimum absolute atomic E-state index is 0.514. The Morgan fingerprint density at radius 1 is 1.45 bits per heavy atom. The molecular formula is C10H6N. The van der Waals surface area contributed by atoms with E-state index in [0.717, 1.165) is 5.56 Å². The van der Waals surface area contributed by atoms with Crippen LogP contribution in [0.3, 0.4) is 0 Å². The van der Waals surface area contributed by atoms with Gasteiger partial charge in [0.1, 0.15) is 6.07 Å². The summed E-state index contributed by atoms with van der Waals surface area (Å²) in [5.74, 6) is 2.43. The van der Waals surface area contributed by atoms with Gasteiger partial charge in [0, 0.05) is 5.56 Å². The molecule has 0 N–H and O–H groups in total. The SMILES string of the molecule is C#Cc1c([CH2])cccc1C#N. The molecule has 0 amide bonds. The summed E-state index contributed by atoms with van der Waals surface area (Å²) in [7, 11) is 0. The quantitative estimate of drug-likeness (QED) is 0.503. The third-order valence-electron chi connectivity index (χ3n) is 1.42. The average Bonchev–Trinajstić information content (AvgIpc) is 2.04. The second kappa shape index (κ2) is 2.90. The van der Waals surface area contributed by atoms with Crippen LogP contribution in [0.15, 0.2) is 18.2 Å². The Hall–Kier alpha value is -1.73. The summed E-state index contributed by atoms with van der Waals surface area (Å²) in [6.07, 6.45) is 5.19. The molecular weight excluding hydrogens is 134 g/mol. The van der Waals surface area contributed by atoms with Crippen LogP contribution in [-0.2, 0) is 0 Å². The zero-order valence-corrected chi connectivity index (χ0v) is 5.96. The van der Waals surface area contributed by atoms with E-state index in [9.17, 15) is 0 Å². The smallest absolute Gasteiger partial charge is 0.100 e. The third-order valence-corrected chi connectivity index (χ3v) is 1.42. The first-order valence-corrected chi connectivity index (χ1v) is 3.11. The fraction of sp³-hybridized carbons (Fsp3) is 0. The predicted octanol–water partition coefficient (Wildman–Crippen LogP) is 1.72. The van der Waals surface area contributed by atoms with Gasteiger partial charge in [-0.15, -0.1) is 6.42 Å². The van der Waals surface area contributed by atoms with Crippen molar-refractivity contribution in [1.82, 2.24) is 0 Å². The van der Waals surface area contributed by atoms with Crippen molar-refractivity contribution >= 4 is 0 Å².